The fourth-order valence-electron chi connectivity index (χ4n) is 1.51. The summed E-state index contributed by atoms with van der Waals surface area (Å²) in [7, 11) is 0. The highest BCUT2D eigenvalue weighted by molar-refractivity contribution is 5.29. The monoisotopic (exact) mass is 264 g/mol. The van der Waals surface area contributed by atoms with E-state index in [0.717, 1.165) is 0 Å². The van der Waals surface area contributed by atoms with Crippen LogP contribution < -0.4 is 0 Å². The second-order valence-electron chi connectivity index (χ2n) is 4.40. The molecule has 0 aromatic heterocycles. The number of rotatable bonds is 3. The molecule has 0 N–H and O–H groups in total. The van der Waals surface area contributed by atoms with Crippen LogP contribution in [-0.2, 0) is 0 Å². The maximum Gasteiger partial charge on any atom is 0.200 e. The van der Waals surface area contributed by atoms with Crippen LogP contribution in [0, 0.1) is 35.0 Å². The maximum absolute atomic E-state index is 13.4. The second-order valence-corrected chi connectivity index (χ2v) is 4.40. The summed E-state index contributed by atoms with van der Waals surface area (Å²) in [5, 5.41) is 0. The van der Waals surface area contributed by atoms with Gasteiger partial charge in [0.25, 0.3) is 0 Å². The lowest BCUT2D eigenvalue weighted by atomic mass is 9.97. The Bertz CT molecular complexity index is 448. The summed E-state index contributed by atoms with van der Waals surface area (Å²) in [4.78, 5) is 0. The summed E-state index contributed by atoms with van der Waals surface area (Å²) >= 11 is 0. The Morgan fingerprint density at radius 1 is 0.667 bits per heavy atom. The van der Waals surface area contributed by atoms with E-state index in [-0.39, 0.29) is 5.92 Å². The van der Waals surface area contributed by atoms with E-state index < -0.39 is 40.6 Å². The lowest BCUT2D eigenvalue weighted by molar-refractivity contribution is 0.368. The van der Waals surface area contributed by atoms with Crippen LogP contribution in [0.25, 0.3) is 0 Å². The molecule has 100 valence electrons. The van der Waals surface area contributed by atoms with Crippen LogP contribution in [0.5, 0.6) is 0 Å². The lowest BCUT2D eigenvalue weighted by Crippen LogP contribution is -2.09. The first kappa shape index (κ1) is 14.7. The lowest BCUT2D eigenvalue weighted by Gasteiger charge is -2.12. The van der Waals surface area contributed by atoms with Gasteiger partial charge in [0, 0.05) is 11.5 Å². The standard InChI is InChI=1S/C13H13F5/c1-6(2)4-5-7(3)8-9(14)11(16)13(18)12(17)10(8)15/h4-7H,1-3H3/b5-4+/t7-/m1/s1. The molecule has 5 heteroatoms. The molecule has 1 atom stereocenters. The van der Waals surface area contributed by atoms with E-state index in [1.54, 1.807) is 6.08 Å². The van der Waals surface area contributed by atoms with Crippen molar-refractivity contribution in [3.63, 3.8) is 0 Å². The second kappa shape index (κ2) is 5.50. The summed E-state index contributed by atoms with van der Waals surface area (Å²) in [6, 6.07) is 0. The maximum atomic E-state index is 13.4. The summed E-state index contributed by atoms with van der Waals surface area (Å²) in [6.07, 6.45) is 3.06. The van der Waals surface area contributed by atoms with Gasteiger partial charge in [-0.2, -0.15) is 0 Å². The average molecular weight is 264 g/mol. The predicted octanol–water partition coefficient (Wildman–Crippen LogP) is 4.70. The highest BCUT2D eigenvalue weighted by Gasteiger charge is 2.27. The van der Waals surface area contributed by atoms with Crippen LogP contribution in [0.1, 0.15) is 32.3 Å². The van der Waals surface area contributed by atoms with Crippen molar-refractivity contribution in [3.05, 3.63) is 46.8 Å². The highest BCUT2D eigenvalue weighted by atomic mass is 19.2. The third-order valence-corrected chi connectivity index (χ3v) is 2.48. The molecule has 0 bridgehead atoms. The Kier molecular flexibility index (Phi) is 4.48. The number of allylic oxidation sites excluding steroid dienone is 2. The van der Waals surface area contributed by atoms with E-state index in [9.17, 15) is 22.0 Å². The van der Waals surface area contributed by atoms with Gasteiger partial charge in [0.05, 0.1) is 0 Å². The van der Waals surface area contributed by atoms with E-state index in [0.29, 0.717) is 0 Å². The minimum absolute atomic E-state index is 0.119. The minimum atomic E-state index is -2.13. The Balaban J connectivity index is 3.33. The Morgan fingerprint density at radius 3 is 1.44 bits per heavy atom. The van der Waals surface area contributed by atoms with Gasteiger partial charge in [-0.05, 0) is 5.92 Å². The molecule has 0 aliphatic heterocycles. The van der Waals surface area contributed by atoms with Crippen molar-refractivity contribution < 1.29 is 22.0 Å². The third kappa shape index (κ3) is 2.71. The van der Waals surface area contributed by atoms with E-state index in [1.165, 1.54) is 13.0 Å². The number of hydrogen-bond donors (Lipinski definition) is 0. The summed E-state index contributed by atoms with van der Waals surface area (Å²) in [5.41, 5.74) is -0.802. The predicted molar refractivity (Wildman–Crippen MR) is 58.6 cm³/mol. The smallest absolute Gasteiger partial charge is 0.200 e. The molecule has 0 radical (unpaired) electrons. The first-order valence-corrected chi connectivity index (χ1v) is 5.47. The van der Waals surface area contributed by atoms with Gasteiger partial charge < -0.3 is 0 Å². The zero-order valence-corrected chi connectivity index (χ0v) is 10.2. The van der Waals surface area contributed by atoms with E-state index >= 15 is 0 Å². The first-order chi connectivity index (χ1) is 8.27. The largest absolute Gasteiger partial charge is 0.203 e. The Hall–Kier alpha value is -1.39. The normalized spacial score (nSPS) is 13.6. The van der Waals surface area contributed by atoms with Gasteiger partial charge in [0.1, 0.15) is 0 Å². The van der Waals surface area contributed by atoms with Crippen LogP contribution in [-0.4, -0.2) is 0 Å². The molecule has 0 unspecified atom stereocenters. The van der Waals surface area contributed by atoms with Crippen molar-refractivity contribution in [3.8, 4) is 0 Å². The van der Waals surface area contributed by atoms with Crippen molar-refractivity contribution in [2.24, 2.45) is 5.92 Å². The van der Waals surface area contributed by atoms with Gasteiger partial charge in [-0.3, -0.25) is 0 Å². The quantitative estimate of drug-likeness (QED) is 0.321. The van der Waals surface area contributed by atoms with Gasteiger partial charge >= 0.3 is 0 Å². The molecule has 0 aliphatic rings. The highest BCUT2D eigenvalue weighted by Crippen LogP contribution is 2.29. The number of hydrogen-bond acceptors (Lipinski definition) is 0. The zero-order valence-electron chi connectivity index (χ0n) is 10.2. The zero-order chi connectivity index (χ0) is 14.0. The third-order valence-electron chi connectivity index (χ3n) is 2.48. The van der Waals surface area contributed by atoms with Crippen molar-refractivity contribution >= 4 is 0 Å². The van der Waals surface area contributed by atoms with Crippen LogP contribution in [0.3, 0.4) is 0 Å². The molecule has 0 nitrogen and oxygen atoms in total. The molecule has 0 saturated heterocycles. The molecule has 0 amide bonds. The molecule has 18 heavy (non-hydrogen) atoms. The molecule has 0 heterocycles. The van der Waals surface area contributed by atoms with Gasteiger partial charge in [-0.1, -0.05) is 32.9 Å². The van der Waals surface area contributed by atoms with E-state index in [2.05, 4.69) is 0 Å². The van der Waals surface area contributed by atoms with Crippen LogP contribution in [0.15, 0.2) is 12.2 Å². The molecule has 1 rings (SSSR count). The first-order valence-electron chi connectivity index (χ1n) is 5.47. The minimum Gasteiger partial charge on any atom is -0.203 e. The van der Waals surface area contributed by atoms with Crippen LogP contribution >= 0.6 is 0 Å². The fourth-order valence-corrected chi connectivity index (χ4v) is 1.51. The van der Waals surface area contributed by atoms with E-state index in [1.807, 2.05) is 13.8 Å². The average Bonchev–Trinajstić information content (AvgIpc) is 2.31. The molecule has 0 fully saturated rings. The Labute approximate surface area is 102 Å². The number of halogens is 5. The van der Waals surface area contributed by atoms with Gasteiger partial charge in [0.15, 0.2) is 23.3 Å². The topological polar surface area (TPSA) is 0 Å². The molecule has 1 aromatic rings. The molecule has 0 aliphatic carbocycles. The SMILES string of the molecule is CC(C)/C=C/[C@@H](C)c1c(F)c(F)c(F)c(F)c1F. The van der Waals surface area contributed by atoms with Crippen molar-refractivity contribution in [1.29, 1.82) is 0 Å². The van der Waals surface area contributed by atoms with Crippen molar-refractivity contribution in [1.82, 2.24) is 0 Å². The van der Waals surface area contributed by atoms with Gasteiger partial charge in [0.2, 0.25) is 5.82 Å². The van der Waals surface area contributed by atoms with E-state index in [4.69, 9.17) is 0 Å². The van der Waals surface area contributed by atoms with Crippen LogP contribution in [0.2, 0.25) is 0 Å². The van der Waals surface area contributed by atoms with Gasteiger partial charge in [-0.25, -0.2) is 22.0 Å². The summed E-state index contributed by atoms with van der Waals surface area (Å²) in [5.74, 6) is -10.3. The fraction of sp³-hybridized carbons (Fsp3) is 0.385. The Morgan fingerprint density at radius 2 is 1.06 bits per heavy atom. The van der Waals surface area contributed by atoms with Gasteiger partial charge in [-0.15, -0.1) is 0 Å². The van der Waals surface area contributed by atoms with Crippen LogP contribution in [0.4, 0.5) is 22.0 Å². The molecular weight excluding hydrogens is 251 g/mol. The molecule has 0 spiro atoms. The molecular formula is C13H13F5. The van der Waals surface area contributed by atoms with Crippen molar-refractivity contribution in [2.75, 3.05) is 0 Å². The van der Waals surface area contributed by atoms with Crippen molar-refractivity contribution in [2.45, 2.75) is 26.7 Å². The summed E-state index contributed by atoms with van der Waals surface area (Å²) in [6.45, 7) is 5.04. The number of benzene rings is 1. The molecule has 0 saturated carbocycles. The molecule has 1 aromatic carbocycles. The summed E-state index contributed by atoms with van der Waals surface area (Å²) < 4.78 is 65.6.